The third kappa shape index (κ3) is 5.44. The summed E-state index contributed by atoms with van der Waals surface area (Å²) < 4.78 is 23.6. The summed E-state index contributed by atoms with van der Waals surface area (Å²) in [4.78, 5) is 45.1. The molecular formula is C22H22FN3O5. The van der Waals surface area contributed by atoms with E-state index in [1.54, 1.807) is 24.3 Å². The first kappa shape index (κ1) is 21.9. The molecule has 0 unspecified atom stereocenters. The lowest BCUT2D eigenvalue weighted by Crippen LogP contribution is -2.42. The number of nitrogens with zero attached hydrogens (tertiary/aromatic N) is 2. The molecule has 1 heterocycles. The number of hydrogen-bond acceptors (Lipinski definition) is 6. The van der Waals surface area contributed by atoms with E-state index in [0.717, 1.165) is 0 Å². The maximum absolute atomic E-state index is 13.0. The predicted molar refractivity (Wildman–Crippen MR) is 111 cm³/mol. The molecule has 0 radical (unpaired) electrons. The zero-order valence-corrected chi connectivity index (χ0v) is 17.3. The molecule has 3 rings (SSSR count). The number of likely N-dealkylation sites (N-methyl/N-ethyl adjacent to an activating group) is 1. The highest BCUT2D eigenvalue weighted by molar-refractivity contribution is 5.84. The number of esters is 1. The van der Waals surface area contributed by atoms with Crippen LogP contribution in [0, 0.1) is 5.82 Å². The third-order valence-corrected chi connectivity index (χ3v) is 4.48. The van der Waals surface area contributed by atoms with Crippen molar-refractivity contribution in [2.75, 3.05) is 13.7 Å². The lowest BCUT2D eigenvalue weighted by atomic mass is 10.1. The highest BCUT2D eigenvalue weighted by Gasteiger charge is 2.32. The van der Waals surface area contributed by atoms with Crippen LogP contribution in [0.2, 0.25) is 0 Å². The van der Waals surface area contributed by atoms with Crippen LogP contribution >= 0.6 is 0 Å². The van der Waals surface area contributed by atoms with Crippen molar-refractivity contribution in [2.24, 2.45) is 0 Å². The van der Waals surface area contributed by atoms with Gasteiger partial charge in [0.1, 0.15) is 17.4 Å². The lowest BCUT2D eigenvalue weighted by molar-refractivity contribution is -0.163. The monoisotopic (exact) mass is 427 g/mol. The van der Waals surface area contributed by atoms with Crippen molar-refractivity contribution in [3.05, 3.63) is 70.5 Å². The first-order valence-corrected chi connectivity index (χ1v) is 9.49. The number of hydrogen-bond donors (Lipinski definition) is 1. The standard InChI is InChI=1S/C22H22FN3O5/c1-22(2,31-15-10-8-14(23)9-11-15)21(29)30-13-19(27)26(3)12-18-24-17-7-5-4-6-16(17)20(28)25-18/h4-11H,12-13H2,1-3H3,(H,24,25,28). The van der Waals surface area contributed by atoms with E-state index in [9.17, 15) is 18.8 Å². The molecule has 0 aliphatic rings. The number of para-hydroxylation sites is 1. The molecule has 3 aromatic rings. The molecule has 0 atom stereocenters. The van der Waals surface area contributed by atoms with E-state index in [4.69, 9.17) is 9.47 Å². The number of H-pyrrole nitrogens is 1. The van der Waals surface area contributed by atoms with Gasteiger partial charge in [-0.05, 0) is 50.2 Å². The molecule has 0 spiro atoms. The fraction of sp³-hybridized carbons (Fsp3) is 0.273. The second-order valence-corrected chi connectivity index (χ2v) is 7.42. The molecule has 2 aromatic carbocycles. The summed E-state index contributed by atoms with van der Waals surface area (Å²) in [6, 6.07) is 12.1. The average Bonchev–Trinajstić information content (AvgIpc) is 2.73. The molecule has 1 amide bonds. The SMILES string of the molecule is CN(Cc1nc2ccccc2c(=O)[nH]1)C(=O)COC(=O)C(C)(C)Oc1ccc(F)cc1. The normalized spacial score (nSPS) is 11.2. The first-order chi connectivity index (χ1) is 14.7. The second-order valence-electron chi connectivity index (χ2n) is 7.42. The molecule has 31 heavy (non-hydrogen) atoms. The summed E-state index contributed by atoms with van der Waals surface area (Å²) in [5.41, 5.74) is -1.16. The van der Waals surface area contributed by atoms with E-state index in [2.05, 4.69) is 9.97 Å². The largest absolute Gasteiger partial charge is 0.476 e. The number of amides is 1. The summed E-state index contributed by atoms with van der Waals surface area (Å²) in [6.45, 7) is 2.49. The van der Waals surface area contributed by atoms with Gasteiger partial charge in [0, 0.05) is 7.05 Å². The van der Waals surface area contributed by atoms with Gasteiger partial charge in [0.05, 0.1) is 17.4 Å². The Balaban J connectivity index is 1.57. The quantitative estimate of drug-likeness (QED) is 0.581. The molecule has 1 aromatic heterocycles. The Morgan fingerprint density at radius 1 is 1.13 bits per heavy atom. The highest BCUT2D eigenvalue weighted by atomic mass is 19.1. The van der Waals surface area contributed by atoms with Crippen molar-refractivity contribution in [3.63, 3.8) is 0 Å². The molecule has 162 valence electrons. The maximum Gasteiger partial charge on any atom is 0.350 e. The Bertz CT molecular complexity index is 1160. The minimum atomic E-state index is -1.39. The van der Waals surface area contributed by atoms with Crippen LogP contribution in [-0.4, -0.2) is 46.0 Å². The van der Waals surface area contributed by atoms with Crippen molar-refractivity contribution < 1.29 is 23.5 Å². The molecule has 1 N–H and O–H groups in total. The van der Waals surface area contributed by atoms with Gasteiger partial charge in [-0.1, -0.05) is 12.1 Å². The molecule has 8 nitrogen and oxygen atoms in total. The fourth-order valence-corrected chi connectivity index (χ4v) is 2.77. The van der Waals surface area contributed by atoms with Gasteiger partial charge in [0.25, 0.3) is 11.5 Å². The van der Waals surface area contributed by atoms with Crippen LogP contribution in [0.5, 0.6) is 5.75 Å². The summed E-state index contributed by atoms with van der Waals surface area (Å²) >= 11 is 0. The van der Waals surface area contributed by atoms with Crippen LogP contribution in [0.3, 0.4) is 0 Å². The van der Waals surface area contributed by atoms with Crippen LogP contribution in [0.25, 0.3) is 10.9 Å². The Morgan fingerprint density at radius 3 is 2.52 bits per heavy atom. The van der Waals surface area contributed by atoms with Crippen molar-refractivity contribution in [1.82, 2.24) is 14.9 Å². The number of aromatic nitrogens is 2. The maximum atomic E-state index is 13.0. The van der Waals surface area contributed by atoms with E-state index in [-0.39, 0.29) is 17.9 Å². The number of halogens is 1. The van der Waals surface area contributed by atoms with Crippen molar-refractivity contribution in [3.8, 4) is 5.75 Å². The predicted octanol–water partition coefficient (Wildman–Crippen LogP) is 2.42. The van der Waals surface area contributed by atoms with Crippen molar-refractivity contribution in [2.45, 2.75) is 26.0 Å². The number of carbonyl (C=O) groups excluding carboxylic acids is 2. The van der Waals surface area contributed by atoms with E-state index in [0.29, 0.717) is 16.7 Å². The number of fused-ring (bicyclic) bond motifs is 1. The zero-order valence-electron chi connectivity index (χ0n) is 17.3. The minimum Gasteiger partial charge on any atom is -0.476 e. The van der Waals surface area contributed by atoms with Gasteiger partial charge in [0.2, 0.25) is 0 Å². The molecule has 0 fully saturated rings. The number of aromatic amines is 1. The number of nitrogens with one attached hydrogen (secondary N) is 1. The smallest absolute Gasteiger partial charge is 0.350 e. The van der Waals surface area contributed by atoms with Gasteiger partial charge in [-0.2, -0.15) is 0 Å². The third-order valence-electron chi connectivity index (χ3n) is 4.48. The Hall–Kier alpha value is -3.75. The van der Waals surface area contributed by atoms with Gasteiger partial charge in [-0.3, -0.25) is 9.59 Å². The van der Waals surface area contributed by atoms with Crippen molar-refractivity contribution >= 4 is 22.8 Å². The summed E-state index contributed by atoms with van der Waals surface area (Å²) in [5.74, 6) is -1.06. The highest BCUT2D eigenvalue weighted by Crippen LogP contribution is 2.20. The number of rotatable bonds is 7. The van der Waals surface area contributed by atoms with E-state index in [1.165, 1.54) is 50.1 Å². The van der Waals surface area contributed by atoms with E-state index >= 15 is 0 Å². The van der Waals surface area contributed by atoms with Gasteiger partial charge in [0.15, 0.2) is 12.2 Å². The topological polar surface area (TPSA) is 102 Å². The summed E-state index contributed by atoms with van der Waals surface area (Å²) in [7, 11) is 1.51. The lowest BCUT2D eigenvalue weighted by Gasteiger charge is -2.25. The zero-order chi connectivity index (χ0) is 22.6. The van der Waals surface area contributed by atoms with Crippen LogP contribution in [0.1, 0.15) is 19.7 Å². The van der Waals surface area contributed by atoms with Gasteiger partial charge in [-0.25, -0.2) is 14.2 Å². The minimum absolute atomic E-state index is 0.0337. The number of carbonyl (C=O) groups is 2. The van der Waals surface area contributed by atoms with Crippen LogP contribution < -0.4 is 10.3 Å². The van der Waals surface area contributed by atoms with Crippen molar-refractivity contribution in [1.29, 1.82) is 0 Å². The summed E-state index contributed by atoms with van der Waals surface area (Å²) in [6.07, 6.45) is 0. The molecule has 0 saturated carbocycles. The number of ether oxygens (including phenoxy) is 2. The molecule has 0 aliphatic carbocycles. The Kier molecular flexibility index (Phi) is 6.33. The van der Waals surface area contributed by atoms with E-state index in [1.807, 2.05) is 0 Å². The first-order valence-electron chi connectivity index (χ1n) is 9.49. The second kappa shape index (κ2) is 8.95. The van der Waals surface area contributed by atoms with Gasteiger partial charge in [-0.15, -0.1) is 0 Å². The van der Waals surface area contributed by atoms with Crippen LogP contribution in [0.15, 0.2) is 53.3 Å². The molecular weight excluding hydrogens is 405 g/mol. The van der Waals surface area contributed by atoms with Gasteiger partial charge >= 0.3 is 5.97 Å². The molecule has 0 aliphatic heterocycles. The van der Waals surface area contributed by atoms with Crippen LogP contribution in [0.4, 0.5) is 4.39 Å². The number of benzene rings is 2. The van der Waals surface area contributed by atoms with Crippen LogP contribution in [-0.2, 0) is 20.9 Å². The fourth-order valence-electron chi connectivity index (χ4n) is 2.77. The molecule has 0 bridgehead atoms. The average molecular weight is 427 g/mol. The molecule has 9 heteroatoms. The Labute approximate surface area is 177 Å². The molecule has 0 saturated heterocycles. The van der Waals surface area contributed by atoms with E-state index < -0.39 is 29.9 Å². The Morgan fingerprint density at radius 2 is 1.81 bits per heavy atom. The van der Waals surface area contributed by atoms with Gasteiger partial charge < -0.3 is 19.4 Å². The summed E-state index contributed by atoms with van der Waals surface area (Å²) in [5, 5.41) is 0.456.